The van der Waals surface area contributed by atoms with E-state index in [9.17, 15) is 13.2 Å². The van der Waals surface area contributed by atoms with E-state index < -0.39 is 9.84 Å². The molecule has 0 saturated carbocycles. The van der Waals surface area contributed by atoms with Gasteiger partial charge in [0.1, 0.15) is 16.2 Å². The Labute approximate surface area is 179 Å². The minimum atomic E-state index is -3.45. The second-order valence-corrected chi connectivity index (χ2v) is 9.44. The SMILES string of the molecule is CCS(=O)(=O)c1cc(/C=C/C[C@H](C)NC(=O)c2nc3c(Cl)cccc3[nH]2)cnc1N. The zero-order chi connectivity index (χ0) is 21.9. The Morgan fingerprint density at radius 3 is 2.87 bits per heavy atom. The molecule has 0 aliphatic carbocycles. The number of carbonyl (C=O) groups is 1. The molecular formula is C20H22ClN5O3S. The van der Waals surface area contributed by atoms with Crippen molar-refractivity contribution in [2.24, 2.45) is 0 Å². The van der Waals surface area contributed by atoms with Crippen LogP contribution in [-0.2, 0) is 9.84 Å². The molecule has 2 aromatic heterocycles. The number of amides is 1. The Kier molecular flexibility index (Phi) is 6.42. The zero-order valence-electron chi connectivity index (χ0n) is 16.5. The molecule has 0 aliphatic heterocycles. The lowest BCUT2D eigenvalue weighted by Crippen LogP contribution is -2.32. The summed E-state index contributed by atoms with van der Waals surface area (Å²) < 4.78 is 24.2. The van der Waals surface area contributed by atoms with Gasteiger partial charge in [0, 0.05) is 12.2 Å². The molecule has 30 heavy (non-hydrogen) atoms. The lowest BCUT2D eigenvalue weighted by molar-refractivity contribution is 0.0931. The van der Waals surface area contributed by atoms with Gasteiger partial charge in [0.25, 0.3) is 5.91 Å². The van der Waals surface area contributed by atoms with Crippen LogP contribution in [0.3, 0.4) is 0 Å². The average Bonchev–Trinajstić information content (AvgIpc) is 3.15. The number of benzene rings is 1. The fraction of sp³-hybridized carbons (Fsp3) is 0.250. The van der Waals surface area contributed by atoms with Gasteiger partial charge in [-0.05, 0) is 37.1 Å². The normalized spacial score (nSPS) is 13.0. The number of fused-ring (bicyclic) bond motifs is 1. The number of nitrogens with one attached hydrogen (secondary N) is 2. The van der Waals surface area contributed by atoms with Gasteiger partial charge in [-0.15, -0.1) is 0 Å². The average molecular weight is 448 g/mol. The van der Waals surface area contributed by atoms with Crippen molar-refractivity contribution in [1.82, 2.24) is 20.3 Å². The summed E-state index contributed by atoms with van der Waals surface area (Å²) in [5.41, 5.74) is 7.54. The molecule has 0 radical (unpaired) electrons. The number of nitrogens with zero attached hydrogens (tertiary/aromatic N) is 2. The molecule has 0 fully saturated rings. The Balaban J connectivity index is 1.64. The number of imidazole rings is 1. The predicted octanol–water partition coefficient (Wildman–Crippen LogP) is 3.21. The molecule has 1 aromatic carbocycles. The van der Waals surface area contributed by atoms with Crippen molar-refractivity contribution in [2.45, 2.75) is 31.2 Å². The number of hydrogen-bond acceptors (Lipinski definition) is 6. The van der Waals surface area contributed by atoms with Crippen molar-refractivity contribution >= 4 is 50.3 Å². The summed E-state index contributed by atoms with van der Waals surface area (Å²) in [6.45, 7) is 3.41. The summed E-state index contributed by atoms with van der Waals surface area (Å²) >= 11 is 6.09. The quantitative estimate of drug-likeness (QED) is 0.509. The molecule has 2 heterocycles. The maximum atomic E-state index is 12.4. The lowest BCUT2D eigenvalue weighted by Gasteiger charge is -2.10. The summed E-state index contributed by atoms with van der Waals surface area (Å²) in [6.07, 6.45) is 5.59. The monoisotopic (exact) mass is 447 g/mol. The Morgan fingerprint density at radius 2 is 2.17 bits per heavy atom. The first kappa shape index (κ1) is 21.8. The predicted molar refractivity (Wildman–Crippen MR) is 118 cm³/mol. The van der Waals surface area contributed by atoms with E-state index in [4.69, 9.17) is 17.3 Å². The molecule has 1 atom stereocenters. The molecular weight excluding hydrogens is 426 g/mol. The van der Waals surface area contributed by atoms with Crippen molar-refractivity contribution in [3.8, 4) is 0 Å². The Hall–Kier alpha value is -2.91. The van der Waals surface area contributed by atoms with Crippen molar-refractivity contribution < 1.29 is 13.2 Å². The standard InChI is InChI=1S/C20H22ClN5O3S/c1-3-30(28,29)16-10-13(11-23-18(16)22)7-4-6-12(2)24-20(27)19-25-15-9-5-8-14(21)17(15)26-19/h4-5,7-12H,3,6H2,1-2H3,(H2,22,23)(H,24,27)(H,25,26)/b7-4+/t12-/m0/s1. The third-order valence-corrected chi connectivity index (χ3v) is 6.54. The van der Waals surface area contributed by atoms with Crippen LogP contribution in [0.25, 0.3) is 17.1 Å². The number of sulfone groups is 1. The minimum absolute atomic E-state index is 0.0134. The van der Waals surface area contributed by atoms with Crippen LogP contribution in [0.2, 0.25) is 5.02 Å². The lowest BCUT2D eigenvalue weighted by atomic mass is 10.2. The molecule has 3 aromatic rings. The molecule has 158 valence electrons. The number of aromatic amines is 1. The number of pyridine rings is 1. The summed E-state index contributed by atoms with van der Waals surface area (Å²) in [5.74, 6) is -0.220. The third kappa shape index (κ3) is 4.80. The van der Waals surface area contributed by atoms with E-state index in [0.717, 1.165) is 0 Å². The van der Waals surface area contributed by atoms with Crippen LogP contribution in [0.5, 0.6) is 0 Å². The van der Waals surface area contributed by atoms with Gasteiger partial charge in [-0.1, -0.05) is 36.7 Å². The number of nitrogen functional groups attached to an aromatic ring is 1. The van der Waals surface area contributed by atoms with E-state index in [1.54, 1.807) is 31.2 Å². The highest BCUT2D eigenvalue weighted by Crippen LogP contribution is 2.21. The number of para-hydroxylation sites is 1. The van der Waals surface area contributed by atoms with Crippen molar-refractivity contribution in [1.29, 1.82) is 0 Å². The van der Waals surface area contributed by atoms with Crippen LogP contribution in [-0.4, -0.2) is 41.1 Å². The molecule has 3 rings (SSSR count). The van der Waals surface area contributed by atoms with E-state index in [-0.39, 0.29) is 34.2 Å². The molecule has 0 aliphatic rings. The van der Waals surface area contributed by atoms with E-state index in [2.05, 4.69) is 20.3 Å². The van der Waals surface area contributed by atoms with Gasteiger partial charge in [0.15, 0.2) is 15.7 Å². The van der Waals surface area contributed by atoms with Crippen LogP contribution in [0.15, 0.2) is 41.4 Å². The Bertz CT molecular complexity index is 1220. The summed E-state index contributed by atoms with van der Waals surface area (Å²) in [6, 6.07) is 6.60. The van der Waals surface area contributed by atoms with Gasteiger partial charge >= 0.3 is 0 Å². The molecule has 0 bridgehead atoms. The molecule has 0 unspecified atom stereocenters. The van der Waals surface area contributed by atoms with Crippen LogP contribution in [0.4, 0.5) is 5.82 Å². The highest BCUT2D eigenvalue weighted by atomic mass is 35.5. The number of aromatic nitrogens is 3. The van der Waals surface area contributed by atoms with Gasteiger partial charge in [-0.2, -0.15) is 0 Å². The van der Waals surface area contributed by atoms with Gasteiger partial charge in [0.2, 0.25) is 0 Å². The zero-order valence-corrected chi connectivity index (χ0v) is 18.1. The second kappa shape index (κ2) is 8.85. The van der Waals surface area contributed by atoms with Crippen LogP contribution in [0, 0.1) is 0 Å². The Morgan fingerprint density at radius 1 is 1.40 bits per heavy atom. The number of H-pyrrole nitrogens is 1. The molecule has 0 spiro atoms. The van der Waals surface area contributed by atoms with Crippen molar-refractivity contribution in [3.05, 3.63) is 52.9 Å². The number of nitrogens with two attached hydrogens (primary N) is 1. The number of carbonyl (C=O) groups excluding carboxylic acids is 1. The molecule has 0 saturated heterocycles. The van der Waals surface area contributed by atoms with E-state index in [1.807, 2.05) is 13.0 Å². The van der Waals surface area contributed by atoms with Gasteiger partial charge in [0.05, 0.1) is 16.3 Å². The highest BCUT2D eigenvalue weighted by molar-refractivity contribution is 7.91. The summed E-state index contributed by atoms with van der Waals surface area (Å²) in [7, 11) is -3.45. The largest absolute Gasteiger partial charge is 0.383 e. The first-order valence-corrected chi connectivity index (χ1v) is 11.3. The molecule has 4 N–H and O–H groups in total. The number of halogens is 1. The van der Waals surface area contributed by atoms with Crippen LogP contribution in [0.1, 0.15) is 36.5 Å². The van der Waals surface area contributed by atoms with E-state index >= 15 is 0 Å². The summed E-state index contributed by atoms with van der Waals surface area (Å²) in [4.78, 5) is 23.6. The second-order valence-electron chi connectivity index (χ2n) is 6.79. The fourth-order valence-electron chi connectivity index (χ4n) is 2.83. The topological polar surface area (TPSA) is 131 Å². The van der Waals surface area contributed by atoms with Gasteiger partial charge in [-0.25, -0.2) is 18.4 Å². The third-order valence-electron chi connectivity index (χ3n) is 4.47. The van der Waals surface area contributed by atoms with E-state index in [1.165, 1.54) is 12.3 Å². The maximum Gasteiger partial charge on any atom is 0.287 e. The number of rotatable bonds is 7. The maximum absolute atomic E-state index is 12.4. The van der Waals surface area contributed by atoms with Crippen LogP contribution < -0.4 is 11.1 Å². The molecule has 1 amide bonds. The summed E-state index contributed by atoms with van der Waals surface area (Å²) in [5, 5.41) is 3.33. The van der Waals surface area contributed by atoms with Crippen LogP contribution >= 0.6 is 11.6 Å². The molecule has 8 nitrogen and oxygen atoms in total. The van der Waals surface area contributed by atoms with Crippen molar-refractivity contribution in [3.63, 3.8) is 0 Å². The van der Waals surface area contributed by atoms with Gasteiger partial charge in [-0.3, -0.25) is 4.79 Å². The van der Waals surface area contributed by atoms with Crippen molar-refractivity contribution in [2.75, 3.05) is 11.5 Å². The first-order chi connectivity index (χ1) is 14.2. The minimum Gasteiger partial charge on any atom is -0.383 e. The van der Waals surface area contributed by atoms with Gasteiger partial charge < -0.3 is 16.0 Å². The fourth-order valence-corrected chi connectivity index (χ4v) is 4.04. The molecule has 10 heteroatoms. The highest BCUT2D eigenvalue weighted by Gasteiger charge is 2.17. The smallest absolute Gasteiger partial charge is 0.287 e. The number of anilines is 1. The van der Waals surface area contributed by atoms with E-state index in [0.29, 0.717) is 28.0 Å². The first-order valence-electron chi connectivity index (χ1n) is 9.31. The number of hydrogen-bond donors (Lipinski definition) is 3.